The number of anilines is 2. The van der Waals surface area contributed by atoms with E-state index in [1.165, 1.54) is 4.88 Å². The van der Waals surface area contributed by atoms with E-state index in [1.807, 2.05) is 6.92 Å². The van der Waals surface area contributed by atoms with Gasteiger partial charge in [-0.25, -0.2) is 4.98 Å². The first kappa shape index (κ1) is 11.0. The van der Waals surface area contributed by atoms with Crippen molar-refractivity contribution < 1.29 is 0 Å². The van der Waals surface area contributed by atoms with Crippen LogP contribution in [0.2, 0.25) is 0 Å². The molecule has 0 aromatic carbocycles. The van der Waals surface area contributed by atoms with E-state index in [2.05, 4.69) is 39.7 Å². The monoisotopic (exact) mass is 236 g/mol. The Bertz CT molecular complexity index is 447. The van der Waals surface area contributed by atoms with Gasteiger partial charge in [-0.15, -0.1) is 11.3 Å². The first-order valence-electron chi connectivity index (χ1n) is 5.32. The average Bonchev–Trinajstić information content (AvgIpc) is 2.85. The first-order chi connectivity index (χ1) is 7.70. The summed E-state index contributed by atoms with van der Waals surface area (Å²) in [6.45, 7) is 4.04. The van der Waals surface area contributed by atoms with Crippen molar-refractivity contribution in [3.63, 3.8) is 0 Å². The van der Waals surface area contributed by atoms with Crippen LogP contribution in [0.3, 0.4) is 0 Å². The van der Waals surface area contributed by atoms with Crippen LogP contribution in [0, 0.1) is 6.92 Å². The van der Waals surface area contributed by atoms with Gasteiger partial charge in [0.25, 0.3) is 0 Å². The van der Waals surface area contributed by atoms with Crippen LogP contribution < -0.4 is 11.1 Å². The molecule has 5 heteroatoms. The zero-order valence-electron chi connectivity index (χ0n) is 9.45. The van der Waals surface area contributed by atoms with Gasteiger partial charge in [0.1, 0.15) is 11.6 Å². The van der Waals surface area contributed by atoms with Crippen molar-refractivity contribution >= 4 is 23.0 Å². The second-order valence-electron chi connectivity index (χ2n) is 3.71. The smallest absolute Gasteiger partial charge is 0.169 e. The molecule has 2 rings (SSSR count). The minimum Gasteiger partial charge on any atom is -0.382 e. The van der Waals surface area contributed by atoms with Crippen LogP contribution in [0.25, 0.3) is 0 Å². The Kier molecular flexibility index (Phi) is 3.14. The second-order valence-corrected chi connectivity index (χ2v) is 4.68. The fraction of sp³-hybridized carbons (Fsp3) is 0.364. The van der Waals surface area contributed by atoms with Crippen LogP contribution in [0.15, 0.2) is 17.5 Å². The molecule has 0 spiro atoms. The topological polar surface area (TPSA) is 66.7 Å². The normalized spacial score (nSPS) is 12.6. The van der Waals surface area contributed by atoms with Gasteiger partial charge in [0.15, 0.2) is 5.82 Å². The molecule has 0 aliphatic carbocycles. The number of imidazole rings is 1. The highest BCUT2D eigenvalue weighted by molar-refractivity contribution is 7.10. The number of aromatic nitrogens is 2. The highest BCUT2D eigenvalue weighted by atomic mass is 32.1. The number of H-pyrrole nitrogens is 1. The Morgan fingerprint density at radius 1 is 1.62 bits per heavy atom. The van der Waals surface area contributed by atoms with Gasteiger partial charge in [0.05, 0.1) is 6.04 Å². The van der Waals surface area contributed by atoms with E-state index < -0.39 is 0 Å². The molecular weight excluding hydrogens is 220 g/mol. The number of nitrogen functional groups attached to an aromatic ring is 1. The van der Waals surface area contributed by atoms with Crippen LogP contribution in [0.5, 0.6) is 0 Å². The predicted octanol–water partition coefficient (Wildman–Crippen LogP) is 2.93. The van der Waals surface area contributed by atoms with Crippen molar-refractivity contribution in [2.45, 2.75) is 26.3 Å². The maximum atomic E-state index is 5.82. The first-order valence-corrected chi connectivity index (χ1v) is 6.20. The third kappa shape index (κ3) is 2.19. The third-order valence-electron chi connectivity index (χ3n) is 2.46. The summed E-state index contributed by atoms with van der Waals surface area (Å²) in [6, 6.07) is 4.47. The molecule has 2 heterocycles. The largest absolute Gasteiger partial charge is 0.382 e. The Balaban J connectivity index is 2.16. The van der Waals surface area contributed by atoms with Crippen molar-refractivity contribution in [2.24, 2.45) is 0 Å². The molecule has 1 atom stereocenters. The van der Waals surface area contributed by atoms with Gasteiger partial charge in [-0.05, 0) is 24.8 Å². The number of rotatable bonds is 4. The molecule has 0 aliphatic rings. The lowest BCUT2D eigenvalue weighted by atomic mass is 10.2. The van der Waals surface area contributed by atoms with Crippen molar-refractivity contribution in [3.8, 4) is 0 Å². The van der Waals surface area contributed by atoms with Gasteiger partial charge in [0.2, 0.25) is 0 Å². The van der Waals surface area contributed by atoms with Crippen LogP contribution >= 0.6 is 11.3 Å². The summed E-state index contributed by atoms with van der Waals surface area (Å²) >= 11 is 1.75. The molecule has 4 N–H and O–H groups in total. The SMILES string of the molecule is CCC(Nc1nc(C)[nH]c1N)c1cccs1. The molecule has 0 radical (unpaired) electrons. The number of aromatic amines is 1. The standard InChI is InChI=1S/C11H16N4S/c1-3-8(9-5-4-6-16-9)15-11-10(12)13-7(2)14-11/h4-6,8,15H,3,12H2,1-2H3,(H,13,14). The number of aryl methyl sites for hydroxylation is 1. The van der Waals surface area contributed by atoms with E-state index in [9.17, 15) is 0 Å². The van der Waals surface area contributed by atoms with Crippen LogP contribution in [0.4, 0.5) is 11.6 Å². The molecule has 0 amide bonds. The van der Waals surface area contributed by atoms with Gasteiger partial charge < -0.3 is 16.0 Å². The number of nitrogens with one attached hydrogen (secondary N) is 2. The van der Waals surface area contributed by atoms with Gasteiger partial charge in [-0.2, -0.15) is 0 Å². The fourth-order valence-corrected chi connectivity index (χ4v) is 2.51. The average molecular weight is 236 g/mol. The van der Waals surface area contributed by atoms with E-state index in [-0.39, 0.29) is 6.04 Å². The quantitative estimate of drug-likeness (QED) is 0.764. The summed E-state index contributed by atoms with van der Waals surface area (Å²) in [5, 5.41) is 5.45. The minimum absolute atomic E-state index is 0.282. The van der Waals surface area contributed by atoms with E-state index in [1.54, 1.807) is 11.3 Å². The molecule has 86 valence electrons. The Hall–Kier alpha value is -1.49. The summed E-state index contributed by atoms with van der Waals surface area (Å²) < 4.78 is 0. The Labute approximate surface area is 98.9 Å². The predicted molar refractivity (Wildman–Crippen MR) is 68.7 cm³/mol. The van der Waals surface area contributed by atoms with E-state index in [0.29, 0.717) is 5.82 Å². The summed E-state index contributed by atoms with van der Waals surface area (Å²) in [5.74, 6) is 2.19. The molecular formula is C11H16N4S. The molecule has 0 saturated heterocycles. The Morgan fingerprint density at radius 2 is 2.44 bits per heavy atom. The van der Waals surface area contributed by atoms with Gasteiger partial charge in [-0.1, -0.05) is 13.0 Å². The van der Waals surface area contributed by atoms with E-state index >= 15 is 0 Å². The van der Waals surface area contributed by atoms with E-state index in [4.69, 9.17) is 5.73 Å². The Morgan fingerprint density at radius 3 is 2.94 bits per heavy atom. The zero-order valence-corrected chi connectivity index (χ0v) is 10.3. The van der Waals surface area contributed by atoms with Crippen molar-refractivity contribution in [1.29, 1.82) is 0 Å². The lowest BCUT2D eigenvalue weighted by Crippen LogP contribution is -2.09. The lowest BCUT2D eigenvalue weighted by molar-refractivity contribution is 0.760. The molecule has 16 heavy (non-hydrogen) atoms. The third-order valence-corrected chi connectivity index (χ3v) is 3.44. The van der Waals surface area contributed by atoms with Gasteiger partial charge in [0, 0.05) is 4.88 Å². The van der Waals surface area contributed by atoms with Crippen LogP contribution in [0.1, 0.15) is 30.1 Å². The highest BCUT2D eigenvalue weighted by Gasteiger charge is 2.13. The maximum Gasteiger partial charge on any atom is 0.169 e. The maximum absolute atomic E-state index is 5.82. The summed E-state index contributed by atoms with van der Waals surface area (Å²) in [6.07, 6.45) is 1.01. The number of nitrogens with zero attached hydrogens (tertiary/aromatic N) is 1. The van der Waals surface area contributed by atoms with Crippen LogP contribution in [-0.2, 0) is 0 Å². The number of hydrogen-bond donors (Lipinski definition) is 3. The van der Waals surface area contributed by atoms with Crippen molar-refractivity contribution in [1.82, 2.24) is 9.97 Å². The highest BCUT2D eigenvalue weighted by Crippen LogP contribution is 2.27. The zero-order chi connectivity index (χ0) is 11.5. The summed E-state index contributed by atoms with van der Waals surface area (Å²) in [5.41, 5.74) is 5.82. The number of nitrogens with two attached hydrogens (primary N) is 1. The molecule has 1 unspecified atom stereocenters. The summed E-state index contributed by atoms with van der Waals surface area (Å²) in [7, 11) is 0. The number of thiophene rings is 1. The van der Waals surface area contributed by atoms with Crippen molar-refractivity contribution in [3.05, 3.63) is 28.2 Å². The summed E-state index contributed by atoms with van der Waals surface area (Å²) in [4.78, 5) is 8.62. The molecule has 4 nitrogen and oxygen atoms in total. The lowest BCUT2D eigenvalue weighted by Gasteiger charge is -2.15. The van der Waals surface area contributed by atoms with E-state index in [0.717, 1.165) is 18.1 Å². The fourth-order valence-electron chi connectivity index (χ4n) is 1.65. The molecule has 2 aromatic heterocycles. The van der Waals surface area contributed by atoms with Crippen LogP contribution in [-0.4, -0.2) is 9.97 Å². The molecule has 0 saturated carbocycles. The number of hydrogen-bond acceptors (Lipinski definition) is 4. The molecule has 2 aromatic rings. The second kappa shape index (κ2) is 4.57. The molecule has 0 aliphatic heterocycles. The van der Waals surface area contributed by atoms with Gasteiger partial charge >= 0.3 is 0 Å². The van der Waals surface area contributed by atoms with Gasteiger partial charge in [-0.3, -0.25) is 0 Å². The van der Waals surface area contributed by atoms with Crippen molar-refractivity contribution in [2.75, 3.05) is 11.1 Å². The minimum atomic E-state index is 0.282. The molecule has 0 fully saturated rings. The molecule has 0 bridgehead atoms.